The molecule has 3 heterocycles. The minimum atomic E-state index is -0.739. The van der Waals surface area contributed by atoms with E-state index in [2.05, 4.69) is 17.1 Å². The Kier molecular flexibility index (Phi) is 7.42. The normalized spacial score (nSPS) is 26.1. The Hall–Kier alpha value is -3.16. The largest absolute Gasteiger partial charge is 0.378 e. The lowest BCUT2D eigenvalue weighted by molar-refractivity contribution is -0.147. The number of amides is 2. The number of nitrogens with one attached hydrogen (secondary N) is 1. The number of morpholine rings is 1. The van der Waals surface area contributed by atoms with Crippen molar-refractivity contribution in [1.29, 1.82) is 5.26 Å². The van der Waals surface area contributed by atoms with Crippen LogP contribution in [0.25, 0.3) is 0 Å². The molecule has 0 saturated carbocycles. The molecular formula is C23H30N6O4. The van der Waals surface area contributed by atoms with Crippen molar-refractivity contribution >= 4 is 17.8 Å². The Balaban J connectivity index is 1.47. The number of ether oxygens (including phenoxy) is 1. The molecule has 4 rings (SSSR count). The highest BCUT2D eigenvalue weighted by Crippen LogP contribution is 2.32. The summed E-state index contributed by atoms with van der Waals surface area (Å²) < 4.78 is 5.39. The van der Waals surface area contributed by atoms with E-state index in [1.54, 1.807) is 5.48 Å². The Labute approximate surface area is 193 Å². The van der Waals surface area contributed by atoms with Crippen molar-refractivity contribution in [3.05, 3.63) is 35.9 Å². The standard InChI is InChI=1S/C23H30N6O4/c24-16-25-23(27-10-12-33-13-11-27)29-9-7-19(20(15-29)21(30)26-32)22(31)28-8-6-18(14-28)17-4-2-1-3-5-17/h1-5,18-20,32H,6-15H2,(H,26,30)/t18-,19-,20-/m0/s1. The summed E-state index contributed by atoms with van der Waals surface area (Å²) in [6, 6.07) is 10.2. The molecule has 3 aliphatic rings. The molecule has 3 atom stereocenters. The van der Waals surface area contributed by atoms with Gasteiger partial charge in [-0.25, -0.2) is 5.48 Å². The fourth-order valence-corrected chi connectivity index (χ4v) is 5.12. The quantitative estimate of drug-likeness (QED) is 0.226. The van der Waals surface area contributed by atoms with Gasteiger partial charge in [0.05, 0.1) is 25.0 Å². The van der Waals surface area contributed by atoms with Gasteiger partial charge in [-0.1, -0.05) is 30.3 Å². The first-order chi connectivity index (χ1) is 16.1. The van der Waals surface area contributed by atoms with Crippen LogP contribution in [0.3, 0.4) is 0 Å². The van der Waals surface area contributed by atoms with Crippen molar-refractivity contribution < 1.29 is 19.5 Å². The van der Waals surface area contributed by atoms with Crippen molar-refractivity contribution in [1.82, 2.24) is 20.2 Å². The summed E-state index contributed by atoms with van der Waals surface area (Å²) in [7, 11) is 0. The highest BCUT2D eigenvalue weighted by atomic mass is 16.5. The summed E-state index contributed by atoms with van der Waals surface area (Å²) in [4.78, 5) is 35.7. The van der Waals surface area contributed by atoms with E-state index in [0.717, 1.165) is 6.42 Å². The van der Waals surface area contributed by atoms with Crippen LogP contribution in [0.2, 0.25) is 0 Å². The van der Waals surface area contributed by atoms with E-state index in [1.807, 2.05) is 39.1 Å². The SMILES string of the molecule is N#CN=C(N1CCOCC1)N1CC[C@H](C(=O)N2CC[C@H](c3ccccc3)C2)[C@@H](C(=O)NO)C1. The van der Waals surface area contributed by atoms with Crippen molar-refractivity contribution in [2.45, 2.75) is 18.8 Å². The molecule has 176 valence electrons. The monoisotopic (exact) mass is 454 g/mol. The first kappa shape index (κ1) is 23.0. The van der Waals surface area contributed by atoms with E-state index in [0.29, 0.717) is 58.3 Å². The van der Waals surface area contributed by atoms with Crippen molar-refractivity contribution in [2.75, 3.05) is 52.5 Å². The fourth-order valence-electron chi connectivity index (χ4n) is 5.12. The van der Waals surface area contributed by atoms with E-state index in [4.69, 9.17) is 4.74 Å². The fraction of sp³-hybridized carbons (Fsp3) is 0.565. The molecule has 10 heteroatoms. The third-order valence-corrected chi connectivity index (χ3v) is 6.87. The number of hydroxylamine groups is 1. The molecule has 1 aromatic rings. The van der Waals surface area contributed by atoms with E-state index < -0.39 is 17.7 Å². The number of likely N-dealkylation sites (tertiary alicyclic amines) is 2. The third-order valence-electron chi connectivity index (χ3n) is 6.87. The number of carbonyl (C=O) groups is 2. The molecule has 2 N–H and O–H groups in total. The van der Waals surface area contributed by atoms with Gasteiger partial charge >= 0.3 is 0 Å². The Morgan fingerprint density at radius 1 is 1.00 bits per heavy atom. The number of piperidine rings is 1. The van der Waals surface area contributed by atoms with E-state index in [1.165, 1.54) is 5.56 Å². The predicted molar refractivity (Wildman–Crippen MR) is 119 cm³/mol. The molecule has 2 amide bonds. The number of carbonyl (C=O) groups excluding carboxylic acids is 2. The summed E-state index contributed by atoms with van der Waals surface area (Å²) in [5, 5.41) is 18.6. The van der Waals surface area contributed by atoms with Gasteiger partial charge in [-0.15, -0.1) is 4.99 Å². The van der Waals surface area contributed by atoms with Gasteiger partial charge in [0.15, 0.2) is 0 Å². The van der Waals surface area contributed by atoms with Crippen molar-refractivity contribution in [2.24, 2.45) is 16.8 Å². The molecule has 0 unspecified atom stereocenters. The summed E-state index contributed by atoms with van der Waals surface area (Å²) in [5.41, 5.74) is 2.96. The number of hydrogen-bond donors (Lipinski definition) is 2. The lowest BCUT2D eigenvalue weighted by Crippen LogP contribution is -2.57. The number of hydrogen-bond acceptors (Lipinski definition) is 6. The first-order valence-electron chi connectivity index (χ1n) is 11.4. The number of aliphatic imine (C=N–C) groups is 1. The smallest absolute Gasteiger partial charge is 0.249 e. The van der Waals surface area contributed by atoms with E-state index >= 15 is 0 Å². The van der Waals surface area contributed by atoms with Crippen LogP contribution in [0.4, 0.5) is 0 Å². The maximum Gasteiger partial charge on any atom is 0.249 e. The minimum Gasteiger partial charge on any atom is -0.378 e. The molecular weight excluding hydrogens is 424 g/mol. The number of rotatable bonds is 3. The van der Waals surface area contributed by atoms with Gasteiger partial charge in [0.25, 0.3) is 0 Å². The Morgan fingerprint density at radius 2 is 1.73 bits per heavy atom. The van der Waals surface area contributed by atoms with Gasteiger partial charge in [-0.2, -0.15) is 5.26 Å². The van der Waals surface area contributed by atoms with Crippen LogP contribution < -0.4 is 5.48 Å². The molecule has 0 aromatic heterocycles. The molecule has 10 nitrogen and oxygen atoms in total. The Morgan fingerprint density at radius 3 is 2.42 bits per heavy atom. The van der Waals surface area contributed by atoms with Crippen LogP contribution >= 0.6 is 0 Å². The maximum absolute atomic E-state index is 13.4. The topological polar surface area (TPSA) is 122 Å². The second-order valence-corrected chi connectivity index (χ2v) is 8.72. The average Bonchev–Trinajstić information content (AvgIpc) is 3.37. The van der Waals surface area contributed by atoms with Gasteiger partial charge < -0.3 is 19.4 Å². The second kappa shape index (κ2) is 10.6. The van der Waals surface area contributed by atoms with E-state index in [9.17, 15) is 20.1 Å². The highest BCUT2D eigenvalue weighted by Gasteiger charge is 2.43. The van der Waals surface area contributed by atoms with Gasteiger partial charge in [-0.05, 0) is 18.4 Å². The molecule has 33 heavy (non-hydrogen) atoms. The molecule has 3 fully saturated rings. The number of nitrogens with zero attached hydrogens (tertiary/aromatic N) is 5. The molecule has 0 bridgehead atoms. The summed E-state index contributed by atoms with van der Waals surface area (Å²) in [6.45, 7) is 4.27. The van der Waals surface area contributed by atoms with Crippen LogP contribution in [0, 0.1) is 23.3 Å². The molecule has 0 aliphatic carbocycles. The summed E-state index contributed by atoms with van der Waals surface area (Å²) >= 11 is 0. The zero-order valence-corrected chi connectivity index (χ0v) is 18.6. The summed E-state index contributed by atoms with van der Waals surface area (Å²) in [5.74, 6) is -1.13. The third kappa shape index (κ3) is 5.10. The van der Waals surface area contributed by atoms with Gasteiger partial charge in [-0.3, -0.25) is 14.8 Å². The zero-order chi connectivity index (χ0) is 23.2. The van der Waals surface area contributed by atoms with E-state index in [-0.39, 0.29) is 18.4 Å². The van der Waals surface area contributed by atoms with Crippen LogP contribution in [-0.2, 0) is 14.3 Å². The number of nitriles is 1. The predicted octanol–water partition coefficient (Wildman–Crippen LogP) is 0.615. The molecule has 0 spiro atoms. The van der Waals surface area contributed by atoms with Crippen LogP contribution in [-0.4, -0.2) is 90.2 Å². The van der Waals surface area contributed by atoms with Crippen LogP contribution in [0.1, 0.15) is 24.3 Å². The maximum atomic E-state index is 13.4. The zero-order valence-electron chi connectivity index (χ0n) is 18.6. The molecule has 0 radical (unpaired) electrons. The summed E-state index contributed by atoms with van der Waals surface area (Å²) in [6.07, 6.45) is 3.19. The molecule has 3 saturated heterocycles. The minimum absolute atomic E-state index is 0.0492. The van der Waals surface area contributed by atoms with Crippen molar-refractivity contribution in [3.8, 4) is 6.19 Å². The van der Waals surface area contributed by atoms with Crippen LogP contribution in [0.15, 0.2) is 35.3 Å². The van der Waals surface area contributed by atoms with Gasteiger partial charge in [0.2, 0.25) is 24.0 Å². The lowest BCUT2D eigenvalue weighted by Gasteiger charge is -2.42. The first-order valence-corrected chi connectivity index (χ1v) is 11.4. The lowest BCUT2D eigenvalue weighted by atomic mass is 9.83. The van der Waals surface area contributed by atoms with Gasteiger partial charge in [0, 0.05) is 45.2 Å². The number of guanidine groups is 1. The highest BCUT2D eigenvalue weighted by molar-refractivity contribution is 5.89. The molecule has 3 aliphatic heterocycles. The Bertz CT molecular complexity index is 911. The molecule has 1 aromatic carbocycles. The second-order valence-electron chi connectivity index (χ2n) is 8.72. The van der Waals surface area contributed by atoms with Crippen LogP contribution in [0.5, 0.6) is 0 Å². The van der Waals surface area contributed by atoms with Crippen molar-refractivity contribution in [3.63, 3.8) is 0 Å². The average molecular weight is 455 g/mol. The van der Waals surface area contributed by atoms with Gasteiger partial charge in [0.1, 0.15) is 0 Å². The number of benzene rings is 1.